The molecule has 17 heavy (non-hydrogen) atoms. The summed E-state index contributed by atoms with van der Waals surface area (Å²) in [6.07, 6.45) is 0. The van der Waals surface area contributed by atoms with Gasteiger partial charge in [0.05, 0.1) is 0 Å². The molecule has 0 heterocycles. The van der Waals surface area contributed by atoms with Gasteiger partial charge in [0.15, 0.2) is 0 Å². The molecule has 3 aromatic rings. The molecule has 0 atom stereocenters. The number of fused-ring (bicyclic) bond motifs is 3. The molecule has 0 aliphatic rings. The zero-order chi connectivity index (χ0) is 8.67. The van der Waals surface area contributed by atoms with Crippen molar-refractivity contribution in [3.8, 4) is 0 Å². The number of hydrogen-bond donors (Lipinski definition) is 0. The second kappa shape index (κ2) is 8.16. The van der Waals surface area contributed by atoms with E-state index in [1.165, 1.54) is 21.5 Å². The summed E-state index contributed by atoms with van der Waals surface area (Å²) in [4.78, 5) is 0. The summed E-state index contributed by atoms with van der Waals surface area (Å²) in [6.45, 7) is 0. The molecule has 3 aromatic carbocycles. The van der Waals surface area contributed by atoms with E-state index in [0.717, 1.165) is 0 Å². The smallest absolute Gasteiger partial charge is 1.00 e. The zero-order valence-electron chi connectivity index (χ0n) is 8.95. The van der Waals surface area contributed by atoms with Gasteiger partial charge in [-0.3, -0.25) is 0 Å². The molecular weight excluding hydrogens is 346 g/mol. The SMILES string of the molecule is [Cl-].[Cl-].[Si].[Zr+3].c1ccc2c(c1)[cH-]c1ccccc12. The van der Waals surface area contributed by atoms with E-state index >= 15 is 0 Å². The van der Waals surface area contributed by atoms with Crippen LogP contribution in [0.25, 0.3) is 21.5 Å². The molecule has 0 aliphatic carbocycles. The molecule has 0 amide bonds. The number of hydrogen-bond acceptors (Lipinski definition) is 0. The summed E-state index contributed by atoms with van der Waals surface area (Å²) in [5.74, 6) is 0. The van der Waals surface area contributed by atoms with E-state index in [9.17, 15) is 0 Å². The van der Waals surface area contributed by atoms with Gasteiger partial charge in [-0.15, -0.1) is 39.7 Å². The summed E-state index contributed by atoms with van der Waals surface area (Å²) in [7, 11) is 0. The van der Waals surface area contributed by atoms with Gasteiger partial charge in [-0.1, -0.05) is 36.4 Å². The van der Waals surface area contributed by atoms with Crippen LogP contribution < -0.4 is 24.8 Å². The van der Waals surface area contributed by atoms with Crippen LogP contribution in [0, 0.1) is 0 Å². The second-order valence-electron chi connectivity index (χ2n) is 3.32. The van der Waals surface area contributed by atoms with Crippen LogP contribution in [-0.4, -0.2) is 11.0 Å². The Morgan fingerprint density at radius 2 is 1.00 bits per heavy atom. The van der Waals surface area contributed by atoms with E-state index in [2.05, 4.69) is 54.6 Å². The largest absolute Gasteiger partial charge is 3.00 e. The van der Waals surface area contributed by atoms with Gasteiger partial charge in [-0.05, 0) is 0 Å². The first-order valence-corrected chi connectivity index (χ1v) is 4.48. The fourth-order valence-electron chi connectivity index (χ4n) is 1.90. The molecule has 0 spiro atoms. The van der Waals surface area contributed by atoms with Gasteiger partial charge in [-0.25, -0.2) is 0 Å². The average molecular weight is 355 g/mol. The van der Waals surface area contributed by atoms with Crippen molar-refractivity contribution in [3.05, 3.63) is 54.6 Å². The molecule has 83 valence electrons. The minimum absolute atomic E-state index is 0. The molecule has 4 heteroatoms. The summed E-state index contributed by atoms with van der Waals surface area (Å²) in [5.41, 5.74) is 0. The molecule has 0 saturated heterocycles. The van der Waals surface area contributed by atoms with Crippen molar-refractivity contribution in [2.75, 3.05) is 0 Å². The molecule has 0 aliphatic heterocycles. The second-order valence-corrected chi connectivity index (χ2v) is 3.32. The Balaban J connectivity index is 0. The van der Waals surface area contributed by atoms with Gasteiger partial charge in [-0.2, -0.15) is 0 Å². The quantitative estimate of drug-likeness (QED) is 0.305. The van der Waals surface area contributed by atoms with Crippen LogP contribution in [0.15, 0.2) is 54.6 Å². The standard InChI is InChI=1S/C13H9.2ClH.Si.Zr/c1-3-7-12-10(5-1)9-11-6-2-4-8-13(11)12;;;;/h1-9H;2*1H;;/q-1;;;;+3/p-2. The summed E-state index contributed by atoms with van der Waals surface area (Å²) < 4.78 is 0. The Kier molecular flexibility index (Phi) is 9.27. The van der Waals surface area contributed by atoms with Gasteiger partial charge in [0.1, 0.15) is 0 Å². The molecule has 0 N–H and O–H groups in total. The monoisotopic (exact) mass is 353 g/mol. The molecule has 5 radical (unpaired) electrons. The fourth-order valence-corrected chi connectivity index (χ4v) is 1.90. The van der Waals surface area contributed by atoms with Crippen molar-refractivity contribution in [2.24, 2.45) is 0 Å². The first-order valence-electron chi connectivity index (χ1n) is 4.48. The zero-order valence-corrected chi connectivity index (χ0v) is 13.9. The predicted molar refractivity (Wildman–Crippen MR) is 62.8 cm³/mol. The fraction of sp³-hybridized carbons (Fsp3) is 0. The van der Waals surface area contributed by atoms with Crippen LogP contribution in [0.1, 0.15) is 0 Å². The van der Waals surface area contributed by atoms with Crippen LogP contribution in [0.2, 0.25) is 0 Å². The van der Waals surface area contributed by atoms with E-state index in [4.69, 9.17) is 0 Å². The van der Waals surface area contributed by atoms with Crippen molar-refractivity contribution in [2.45, 2.75) is 0 Å². The Morgan fingerprint density at radius 3 is 1.41 bits per heavy atom. The Morgan fingerprint density at radius 1 is 0.647 bits per heavy atom. The maximum atomic E-state index is 2.24. The third kappa shape index (κ3) is 3.48. The van der Waals surface area contributed by atoms with Crippen molar-refractivity contribution >= 4 is 32.5 Å². The van der Waals surface area contributed by atoms with Crippen molar-refractivity contribution in [1.29, 1.82) is 0 Å². The molecule has 0 unspecified atom stereocenters. The minimum Gasteiger partial charge on any atom is -1.00 e. The van der Waals surface area contributed by atoms with Crippen LogP contribution in [0.3, 0.4) is 0 Å². The van der Waals surface area contributed by atoms with Gasteiger partial charge in [0, 0.05) is 11.0 Å². The van der Waals surface area contributed by atoms with E-state index in [-0.39, 0.29) is 62.0 Å². The minimum atomic E-state index is 0. The molecule has 0 bridgehead atoms. The molecule has 0 aromatic heterocycles. The van der Waals surface area contributed by atoms with Gasteiger partial charge in [0.25, 0.3) is 0 Å². The third-order valence-electron chi connectivity index (χ3n) is 2.52. The van der Waals surface area contributed by atoms with Crippen molar-refractivity contribution in [3.63, 3.8) is 0 Å². The first kappa shape index (κ1) is 19.3. The maximum absolute atomic E-state index is 2.24. The molecular formula is C13H9Cl2SiZr. The van der Waals surface area contributed by atoms with Crippen molar-refractivity contribution in [1.82, 2.24) is 0 Å². The van der Waals surface area contributed by atoms with Gasteiger partial charge < -0.3 is 24.8 Å². The molecule has 0 nitrogen and oxygen atoms in total. The predicted octanol–water partition coefficient (Wildman–Crippen LogP) is -2.66. The summed E-state index contributed by atoms with van der Waals surface area (Å²) in [5, 5.41) is 5.39. The van der Waals surface area contributed by atoms with Crippen LogP contribution in [0.5, 0.6) is 0 Å². The first-order chi connectivity index (χ1) is 6.45. The van der Waals surface area contributed by atoms with E-state index < -0.39 is 0 Å². The number of rotatable bonds is 0. The maximum Gasteiger partial charge on any atom is 3.00 e. The van der Waals surface area contributed by atoms with E-state index in [1.807, 2.05) is 0 Å². The third-order valence-corrected chi connectivity index (χ3v) is 2.52. The van der Waals surface area contributed by atoms with Crippen LogP contribution in [-0.2, 0) is 26.2 Å². The number of benzene rings is 2. The van der Waals surface area contributed by atoms with Crippen LogP contribution >= 0.6 is 0 Å². The Labute approximate surface area is 137 Å². The molecule has 3 rings (SSSR count). The van der Waals surface area contributed by atoms with Gasteiger partial charge >= 0.3 is 26.2 Å². The van der Waals surface area contributed by atoms with Gasteiger partial charge in [0.2, 0.25) is 0 Å². The van der Waals surface area contributed by atoms with Crippen molar-refractivity contribution < 1.29 is 51.0 Å². The van der Waals surface area contributed by atoms with E-state index in [1.54, 1.807) is 0 Å². The average Bonchev–Trinajstić information content (AvgIpc) is 2.56. The normalized spacial score (nSPS) is 8.47. The molecule has 0 saturated carbocycles. The summed E-state index contributed by atoms with van der Waals surface area (Å²) >= 11 is 0. The number of halogens is 2. The van der Waals surface area contributed by atoms with E-state index in [0.29, 0.717) is 0 Å². The topological polar surface area (TPSA) is 0 Å². The summed E-state index contributed by atoms with van der Waals surface area (Å²) in [6, 6.07) is 19.3. The molecule has 0 fully saturated rings. The Bertz CT molecular complexity index is 527. The Hall–Kier alpha value is -0.01000. The van der Waals surface area contributed by atoms with Crippen LogP contribution in [0.4, 0.5) is 0 Å².